The predicted octanol–water partition coefficient (Wildman–Crippen LogP) is 10.2. The van der Waals surface area contributed by atoms with E-state index in [4.69, 9.17) is 17.8 Å². The third-order valence-corrected chi connectivity index (χ3v) is 12.6. The van der Waals surface area contributed by atoms with E-state index in [-0.39, 0.29) is 4.90 Å². The van der Waals surface area contributed by atoms with Crippen LogP contribution in [0.1, 0.15) is 58.4 Å². The highest BCUT2D eigenvalue weighted by Crippen LogP contribution is 2.70. The fourth-order valence-corrected chi connectivity index (χ4v) is 10.6. The van der Waals surface area contributed by atoms with Gasteiger partial charge in [-0.05, 0) is 162 Å². The van der Waals surface area contributed by atoms with Gasteiger partial charge in [0.15, 0.2) is 0 Å². The Bertz CT molecular complexity index is 1900. The number of pyridine rings is 1. The van der Waals surface area contributed by atoms with Crippen molar-refractivity contribution < 1.29 is 26.3 Å². The molecule has 0 atom stereocenters. The van der Waals surface area contributed by atoms with Crippen LogP contribution in [-0.2, 0) is 20.4 Å². The summed E-state index contributed by atoms with van der Waals surface area (Å²) in [6.45, 7) is 15.9. The van der Waals surface area contributed by atoms with Crippen molar-refractivity contribution in [1.29, 1.82) is 0 Å². The standard InChI is InChI=1S/C40H45NO6S2/c1-29-12-25-38(30(2)27-29)49(42,43)47-48(36-21-15-33(16-22-36)45-39(3,4)5,37-23-17-34(18-24-37)46-40(6,7)8)35-19-13-32(14-20-35)44-28-31-11-9-10-26-41-31/h9-27H,28H2,1-8H3. The van der Waals surface area contributed by atoms with E-state index in [1.54, 1.807) is 25.3 Å². The third-order valence-electron chi connectivity index (χ3n) is 7.22. The zero-order valence-corrected chi connectivity index (χ0v) is 31.0. The van der Waals surface area contributed by atoms with E-state index >= 15 is 0 Å². The lowest BCUT2D eigenvalue weighted by Crippen LogP contribution is -2.23. The number of hydrogen-bond donors (Lipinski definition) is 0. The molecule has 0 bridgehead atoms. The van der Waals surface area contributed by atoms with Gasteiger partial charge in [-0.1, -0.05) is 23.8 Å². The Morgan fingerprint density at radius 2 is 1.10 bits per heavy atom. The van der Waals surface area contributed by atoms with Gasteiger partial charge >= 0.3 is 10.1 Å². The minimum atomic E-state index is -4.31. The largest absolute Gasteiger partial charge is 0.488 e. The molecule has 0 amide bonds. The number of hydrogen-bond acceptors (Lipinski definition) is 7. The van der Waals surface area contributed by atoms with Crippen molar-refractivity contribution in [3.63, 3.8) is 0 Å². The van der Waals surface area contributed by atoms with Crippen molar-refractivity contribution in [2.24, 2.45) is 0 Å². The smallest absolute Gasteiger partial charge is 0.307 e. The number of nitrogens with zero attached hydrogens (tertiary/aromatic N) is 1. The van der Waals surface area contributed by atoms with Crippen molar-refractivity contribution >= 4 is 20.4 Å². The molecule has 9 heteroatoms. The summed E-state index contributed by atoms with van der Waals surface area (Å²) in [6, 6.07) is 33.3. The molecule has 0 aliphatic carbocycles. The second kappa shape index (κ2) is 14.3. The van der Waals surface area contributed by atoms with E-state index in [0.29, 0.717) is 44.1 Å². The molecule has 49 heavy (non-hydrogen) atoms. The van der Waals surface area contributed by atoms with Crippen LogP contribution in [0.25, 0.3) is 0 Å². The molecule has 0 aliphatic rings. The van der Waals surface area contributed by atoms with Crippen LogP contribution < -0.4 is 14.2 Å². The molecule has 1 heterocycles. The molecule has 0 fully saturated rings. The van der Waals surface area contributed by atoms with Crippen molar-refractivity contribution in [3.05, 3.63) is 132 Å². The van der Waals surface area contributed by atoms with Crippen LogP contribution in [0.3, 0.4) is 0 Å². The molecule has 0 unspecified atom stereocenters. The average Bonchev–Trinajstić information content (AvgIpc) is 3.03. The predicted molar refractivity (Wildman–Crippen MR) is 195 cm³/mol. The lowest BCUT2D eigenvalue weighted by Gasteiger charge is -2.39. The van der Waals surface area contributed by atoms with E-state index < -0.39 is 31.6 Å². The van der Waals surface area contributed by atoms with Gasteiger partial charge < -0.3 is 14.2 Å². The lowest BCUT2D eigenvalue weighted by molar-refractivity contribution is 0.130. The molecule has 1 aromatic heterocycles. The fourth-order valence-electron chi connectivity index (χ4n) is 5.25. The SMILES string of the molecule is Cc1ccc(S(=O)(=O)OS(c2ccc(OCc3ccccn3)cc2)(c2ccc(OC(C)(C)C)cc2)c2ccc(OC(C)(C)C)cc2)c(C)c1. The van der Waals surface area contributed by atoms with Gasteiger partial charge in [0.2, 0.25) is 0 Å². The average molecular weight is 700 g/mol. The second-order valence-corrected chi connectivity index (χ2v) is 18.2. The van der Waals surface area contributed by atoms with Crippen molar-refractivity contribution in [3.8, 4) is 17.2 Å². The summed E-state index contributed by atoms with van der Waals surface area (Å²) < 4.78 is 53.9. The highest BCUT2D eigenvalue weighted by Gasteiger charge is 2.39. The molecule has 258 valence electrons. The minimum absolute atomic E-state index is 0.116. The Labute approximate surface area is 292 Å². The maximum absolute atomic E-state index is 14.5. The van der Waals surface area contributed by atoms with Crippen LogP contribution in [-0.4, -0.2) is 24.6 Å². The van der Waals surface area contributed by atoms with Gasteiger partial charge in [-0.3, -0.25) is 4.98 Å². The molecule has 4 aromatic carbocycles. The van der Waals surface area contributed by atoms with E-state index in [2.05, 4.69) is 4.98 Å². The summed E-state index contributed by atoms with van der Waals surface area (Å²) in [5, 5.41) is 0. The number of ether oxygens (including phenoxy) is 3. The van der Waals surface area contributed by atoms with E-state index in [1.165, 1.54) is 0 Å². The first-order valence-electron chi connectivity index (χ1n) is 16.1. The van der Waals surface area contributed by atoms with Crippen molar-refractivity contribution in [2.45, 2.75) is 92.8 Å². The van der Waals surface area contributed by atoms with Gasteiger partial charge in [-0.25, -0.2) is 3.63 Å². The van der Waals surface area contributed by atoms with Crippen LogP contribution in [0.5, 0.6) is 17.2 Å². The molecular formula is C40H45NO6S2. The van der Waals surface area contributed by atoms with Crippen molar-refractivity contribution in [2.75, 3.05) is 0 Å². The molecule has 0 aliphatic heterocycles. The second-order valence-electron chi connectivity index (χ2n) is 13.8. The van der Waals surface area contributed by atoms with Gasteiger partial charge in [0.05, 0.1) is 10.6 Å². The summed E-state index contributed by atoms with van der Waals surface area (Å²) in [5.74, 6) is 1.94. The molecule has 0 radical (unpaired) electrons. The molecule has 7 nitrogen and oxygen atoms in total. The number of rotatable bonds is 11. The van der Waals surface area contributed by atoms with Gasteiger partial charge in [-0.15, -0.1) is 0 Å². The molecule has 5 aromatic rings. The van der Waals surface area contributed by atoms with Crippen LogP contribution in [0.4, 0.5) is 0 Å². The summed E-state index contributed by atoms with van der Waals surface area (Å²) in [7, 11) is -7.25. The van der Waals surface area contributed by atoms with Crippen LogP contribution >= 0.6 is 10.3 Å². The van der Waals surface area contributed by atoms with Gasteiger partial charge in [0, 0.05) is 20.9 Å². The van der Waals surface area contributed by atoms with Crippen LogP contribution in [0, 0.1) is 13.8 Å². The maximum atomic E-state index is 14.5. The third kappa shape index (κ3) is 9.03. The Balaban J connectivity index is 1.69. The minimum Gasteiger partial charge on any atom is -0.488 e. The summed E-state index contributed by atoms with van der Waals surface area (Å²) in [6.07, 6.45) is 1.72. The number of aromatic nitrogens is 1. The Kier molecular flexibility index (Phi) is 10.5. The van der Waals surface area contributed by atoms with Crippen LogP contribution in [0.2, 0.25) is 0 Å². The monoisotopic (exact) mass is 699 g/mol. The first-order chi connectivity index (χ1) is 23.0. The Hall–Kier alpha value is -4.31. The zero-order valence-electron chi connectivity index (χ0n) is 29.4. The molecule has 0 saturated heterocycles. The van der Waals surface area contributed by atoms with Crippen LogP contribution in [0.15, 0.2) is 135 Å². The summed E-state index contributed by atoms with van der Waals surface area (Å²) >= 11 is 0. The molecule has 0 saturated carbocycles. The van der Waals surface area contributed by atoms with Gasteiger partial charge in [0.25, 0.3) is 0 Å². The Morgan fingerprint density at radius 1 is 0.612 bits per heavy atom. The topological polar surface area (TPSA) is 84.0 Å². The lowest BCUT2D eigenvalue weighted by atomic mass is 10.2. The highest BCUT2D eigenvalue weighted by atomic mass is 32.3. The van der Waals surface area contributed by atoms with E-state index in [0.717, 1.165) is 11.3 Å². The summed E-state index contributed by atoms with van der Waals surface area (Å²) in [4.78, 5) is 6.47. The van der Waals surface area contributed by atoms with Gasteiger partial charge in [-0.2, -0.15) is 8.42 Å². The van der Waals surface area contributed by atoms with Crippen molar-refractivity contribution in [1.82, 2.24) is 4.98 Å². The first kappa shape index (κ1) is 36.0. The quantitative estimate of drug-likeness (QED) is 0.136. The molecular weight excluding hydrogens is 655 g/mol. The molecule has 5 rings (SSSR count). The zero-order chi connectivity index (χ0) is 35.5. The molecule has 0 N–H and O–H groups in total. The molecule has 0 spiro atoms. The van der Waals surface area contributed by atoms with Gasteiger partial charge in [0.1, 0.15) is 35.1 Å². The Morgan fingerprint density at radius 3 is 1.53 bits per heavy atom. The number of aryl methyl sites for hydroxylation is 2. The summed E-state index contributed by atoms with van der Waals surface area (Å²) in [5.41, 5.74) is 1.53. The normalized spacial score (nSPS) is 12.7. The van der Waals surface area contributed by atoms with E-state index in [9.17, 15) is 8.42 Å². The fraction of sp³-hybridized carbons (Fsp3) is 0.275. The first-order valence-corrected chi connectivity index (χ1v) is 19.1. The maximum Gasteiger partial charge on any atom is 0.307 e. The highest BCUT2D eigenvalue weighted by molar-refractivity contribution is 8.33. The van der Waals surface area contributed by atoms with E-state index in [1.807, 2.05) is 146 Å². The number of benzene rings is 4.